The number of thioether (sulfide) groups is 1. The zero-order valence-corrected chi connectivity index (χ0v) is 15.1. The van der Waals surface area contributed by atoms with Gasteiger partial charge in [-0.25, -0.2) is 0 Å². The van der Waals surface area contributed by atoms with E-state index < -0.39 is 0 Å². The van der Waals surface area contributed by atoms with Crippen molar-refractivity contribution in [3.8, 4) is 22.2 Å². The first-order valence-electron chi connectivity index (χ1n) is 8.38. The largest absolute Gasteiger partial charge is 0.486 e. The monoisotopic (exact) mass is 371 g/mol. The summed E-state index contributed by atoms with van der Waals surface area (Å²) in [6, 6.07) is 12.5. The number of benzene rings is 1. The van der Waals surface area contributed by atoms with E-state index in [0.717, 1.165) is 28.2 Å². The van der Waals surface area contributed by atoms with Crippen LogP contribution >= 0.6 is 23.1 Å². The maximum atomic E-state index is 6.05. The molecule has 3 aromatic rings. The van der Waals surface area contributed by atoms with E-state index in [1.807, 2.05) is 24.3 Å². The van der Waals surface area contributed by atoms with E-state index >= 15 is 0 Å². The van der Waals surface area contributed by atoms with Gasteiger partial charge in [-0.2, -0.15) is 0 Å². The summed E-state index contributed by atoms with van der Waals surface area (Å²) in [6.45, 7) is 0.569. The van der Waals surface area contributed by atoms with Crippen molar-refractivity contribution in [3.63, 3.8) is 0 Å². The van der Waals surface area contributed by atoms with Crippen LogP contribution in [0.5, 0.6) is 11.5 Å². The predicted molar refractivity (Wildman–Crippen MR) is 98.7 cm³/mol. The van der Waals surface area contributed by atoms with Gasteiger partial charge in [0.15, 0.2) is 22.5 Å². The molecule has 2 aromatic heterocycles. The van der Waals surface area contributed by atoms with Crippen LogP contribution in [0.1, 0.15) is 18.9 Å². The van der Waals surface area contributed by atoms with Gasteiger partial charge in [-0.15, -0.1) is 21.5 Å². The molecule has 3 heterocycles. The summed E-state index contributed by atoms with van der Waals surface area (Å²) in [5.41, 5.74) is 0. The first-order valence-corrected chi connectivity index (χ1v) is 10.2. The third-order valence-corrected chi connectivity index (χ3v) is 6.22. The third kappa shape index (κ3) is 3.02. The van der Waals surface area contributed by atoms with Crippen LogP contribution in [0.3, 0.4) is 0 Å². The lowest BCUT2D eigenvalue weighted by molar-refractivity contribution is 0.107. The number of rotatable bonds is 5. The Morgan fingerprint density at radius 2 is 2.00 bits per heavy atom. The molecule has 2 aliphatic rings. The second-order valence-corrected chi connectivity index (χ2v) is 8.13. The van der Waals surface area contributed by atoms with Crippen LogP contribution in [0.4, 0.5) is 0 Å². The summed E-state index contributed by atoms with van der Waals surface area (Å²) < 4.78 is 14.1. The molecule has 5 rings (SSSR count). The van der Waals surface area contributed by atoms with E-state index in [1.165, 1.54) is 17.7 Å². The number of aromatic nitrogens is 3. The Kier molecular flexibility index (Phi) is 3.90. The van der Waals surface area contributed by atoms with Gasteiger partial charge in [0.2, 0.25) is 0 Å². The highest BCUT2D eigenvalue weighted by molar-refractivity contribution is 7.99. The van der Waals surface area contributed by atoms with Crippen LogP contribution in [0.2, 0.25) is 0 Å². The smallest absolute Gasteiger partial charge is 0.191 e. The topological polar surface area (TPSA) is 49.2 Å². The Bertz CT molecular complexity index is 874. The van der Waals surface area contributed by atoms with Crippen molar-refractivity contribution in [1.82, 2.24) is 14.8 Å². The summed E-state index contributed by atoms with van der Waals surface area (Å²) in [4.78, 5) is 1.18. The van der Waals surface area contributed by atoms with E-state index in [1.54, 1.807) is 23.1 Å². The Morgan fingerprint density at radius 3 is 2.80 bits per heavy atom. The Morgan fingerprint density at radius 1 is 1.12 bits per heavy atom. The van der Waals surface area contributed by atoms with Gasteiger partial charge < -0.3 is 9.47 Å². The normalized spacial score (nSPS) is 19.1. The lowest BCUT2D eigenvalue weighted by Crippen LogP contribution is -2.31. The number of nitrogens with zero attached hydrogens (tertiary/aromatic N) is 3. The van der Waals surface area contributed by atoms with Crippen molar-refractivity contribution < 1.29 is 9.47 Å². The van der Waals surface area contributed by atoms with Crippen LogP contribution in [0, 0.1) is 0 Å². The molecule has 1 aliphatic carbocycles. The van der Waals surface area contributed by atoms with E-state index in [4.69, 9.17) is 9.47 Å². The van der Waals surface area contributed by atoms with Crippen molar-refractivity contribution >= 4 is 23.1 Å². The Balaban J connectivity index is 1.32. The maximum absolute atomic E-state index is 6.05. The number of hydrogen-bond acceptors (Lipinski definition) is 6. The lowest BCUT2D eigenvalue weighted by atomic mass is 10.3. The molecule has 1 atom stereocenters. The second kappa shape index (κ2) is 6.38. The Labute approximate surface area is 154 Å². The first kappa shape index (κ1) is 15.3. The van der Waals surface area contributed by atoms with Crippen molar-refractivity contribution in [2.75, 3.05) is 12.4 Å². The molecular formula is C18H17N3O2S2. The van der Waals surface area contributed by atoms with Crippen molar-refractivity contribution in [2.24, 2.45) is 0 Å². The summed E-state index contributed by atoms with van der Waals surface area (Å²) >= 11 is 3.41. The predicted octanol–water partition coefficient (Wildman–Crippen LogP) is 4.27. The zero-order valence-electron chi connectivity index (χ0n) is 13.5. The zero-order chi connectivity index (χ0) is 16.6. The molecule has 0 amide bonds. The van der Waals surface area contributed by atoms with Gasteiger partial charge in [0.1, 0.15) is 12.7 Å². The van der Waals surface area contributed by atoms with E-state index in [9.17, 15) is 0 Å². The average molecular weight is 371 g/mol. The van der Waals surface area contributed by atoms with E-state index in [2.05, 4.69) is 32.3 Å². The van der Waals surface area contributed by atoms with Gasteiger partial charge in [-0.3, -0.25) is 4.57 Å². The Hall–Kier alpha value is -1.99. The van der Waals surface area contributed by atoms with Crippen LogP contribution < -0.4 is 9.47 Å². The number of para-hydroxylation sites is 2. The number of hydrogen-bond donors (Lipinski definition) is 0. The van der Waals surface area contributed by atoms with Gasteiger partial charge in [-0.05, 0) is 36.4 Å². The van der Waals surface area contributed by atoms with Crippen LogP contribution in [-0.4, -0.2) is 33.2 Å². The first-order chi connectivity index (χ1) is 12.4. The molecule has 1 aromatic carbocycles. The molecule has 0 radical (unpaired) electrons. The SMILES string of the molecule is c1csc(-c2nnc(SCC3COc4ccccc4O3)n2C2CC2)c1. The molecule has 1 unspecified atom stereocenters. The lowest BCUT2D eigenvalue weighted by Gasteiger charge is -2.26. The molecule has 128 valence electrons. The standard InChI is InChI=1S/C18H17N3O2S2/c1-2-5-15-14(4-1)22-10-13(23-15)11-25-18-20-19-17(16-6-3-9-24-16)21(18)12-7-8-12/h1-6,9,12-13H,7-8,10-11H2. The van der Waals surface area contributed by atoms with Crippen molar-refractivity contribution in [3.05, 3.63) is 41.8 Å². The van der Waals surface area contributed by atoms with Crippen molar-refractivity contribution in [1.29, 1.82) is 0 Å². The number of ether oxygens (including phenoxy) is 2. The van der Waals surface area contributed by atoms with Gasteiger partial charge in [0, 0.05) is 11.8 Å². The molecule has 0 spiro atoms. The number of thiophene rings is 1. The molecule has 0 N–H and O–H groups in total. The molecule has 25 heavy (non-hydrogen) atoms. The fraction of sp³-hybridized carbons (Fsp3) is 0.333. The minimum atomic E-state index is 0.0226. The molecule has 1 fully saturated rings. The summed E-state index contributed by atoms with van der Waals surface area (Å²) in [5, 5.41) is 12.0. The highest BCUT2D eigenvalue weighted by atomic mass is 32.2. The second-order valence-electron chi connectivity index (χ2n) is 6.19. The highest BCUT2D eigenvalue weighted by Crippen LogP contribution is 2.42. The van der Waals surface area contributed by atoms with Gasteiger partial charge in [0.05, 0.1) is 4.88 Å². The third-order valence-electron chi connectivity index (χ3n) is 4.28. The van der Waals surface area contributed by atoms with Crippen molar-refractivity contribution in [2.45, 2.75) is 30.1 Å². The summed E-state index contributed by atoms with van der Waals surface area (Å²) in [6.07, 6.45) is 2.44. The van der Waals surface area contributed by atoms with Crippen LogP contribution in [0.25, 0.3) is 10.7 Å². The molecule has 5 nitrogen and oxygen atoms in total. The molecular weight excluding hydrogens is 354 g/mol. The summed E-state index contributed by atoms with van der Waals surface area (Å²) in [7, 11) is 0. The molecule has 0 bridgehead atoms. The molecule has 0 saturated heterocycles. The minimum absolute atomic E-state index is 0.0226. The highest BCUT2D eigenvalue weighted by Gasteiger charge is 2.31. The maximum Gasteiger partial charge on any atom is 0.191 e. The fourth-order valence-electron chi connectivity index (χ4n) is 2.92. The van der Waals surface area contributed by atoms with E-state index in [0.29, 0.717) is 12.6 Å². The van der Waals surface area contributed by atoms with Crippen LogP contribution in [0.15, 0.2) is 46.9 Å². The fourth-order valence-corrected chi connectivity index (χ4v) is 4.60. The van der Waals surface area contributed by atoms with Gasteiger partial charge >= 0.3 is 0 Å². The van der Waals surface area contributed by atoms with Crippen LogP contribution in [-0.2, 0) is 0 Å². The minimum Gasteiger partial charge on any atom is -0.486 e. The molecule has 7 heteroatoms. The van der Waals surface area contributed by atoms with Gasteiger partial charge in [-0.1, -0.05) is 30.0 Å². The van der Waals surface area contributed by atoms with E-state index in [-0.39, 0.29) is 6.10 Å². The molecule has 1 saturated carbocycles. The molecule has 1 aliphatic heterocycles. The average Bonchev–Trinajstić information content (AvgIpc) is 3.18. The summed E-state index contributed by atoms with van der Waals surface area (Å²) in [5.74, 6) is 3.43. The number of fused-ring (bicyclic) bond motifs is 1. The van der Waals surface area contributed by atoms with Gasteiger partial charge in [0.25, 0.3) is 0 Å². The quantitative estimate of drug-likeness (QED) is 0.627.